The van der Waals surface area contributed by atoms with E-state index in [4.69, 9.17) is 13.8 Å². The summed E-state index contributed by atoms with van der Waals surface area (Å²) in [7, 11) is 1.74. The molecule has 0 saturated carbocycles. The van der Waals surface area contributed by atoms with E-state index in [-0.39, 0.29) is 19.8 Å². The average molecular weight is 479 g/mol. The van der Waals surface area contributed by atoms with Crippen LogP contribution in [0.3, 0.4) is 0 Å². The fraction of sp³-hybridized carbons (Fsp3) is 0.875. The van der Waals surface area contributed by atoms with Crippen molar-refractivity contribution in [1.82, 2.24) is 0 Å². The number of aliphatic hydroxyl groups excluding tert-OH is 1. The lowest BCUT2D eigenvalue weighted by atomic mass is 10.1. The Hall–Kier alpha value is -0.490. The molecule has 7 nitrogen and oxygen atoms in total. The molecule has 2 N–H and O–H groups in total. The highest BCUT2D eigenvalue weighted by molar-refractivity contribution is 7.47. The summed E-state index contributed by atoms with van der Waals surface area (Å²) in [6.45, 7) is 3.26. The van der Waals surface area contributed by atoms with Crippen LogP contribution in [-0.2, 0) is 18.3 Å². The maximum atomic E-state index is 11.8. The number of phosphoric ester groups is 1. The van der Waals surface area contributed by atoms with Crippen LogP contribution < -0.4 is 0 Å². The van der Waals surface area contributed by atoms with Crippen LogP contribution in [0.1, 0.15) is 77.6 Å². The third-order valence-electron chi connectivity index (χ3n) is 4.83. The molecule has 0 aliphatic heterocycles. The van der Waals surface area contributed by atoms with Crippen molar-refractivity contribution in [1.29, 1.82) is 0 Å². The minimum absolute atomic E-state index is 0.0805. The summed E-state index contributed by atoms with van der Waals surface area (Å²) >= 11 is 0. The Bertz CT molecular complexity index is 543. The van der Waals surface area contributed by atoms with Crippen LogP contribution in [0.25, 0.3) is 0 Å². The second-order valence-corrected chi connectivity index (χ2v) is 10.8. The Kier molecular flexibility index (Phi) is 19.6. The normalized spacial score (nSPS) is 14.6. The van der Waals surface area contributed by atoms with Gasteiger partial charge in [-0.1, -0.05) is 45.4 Å². The van der Waals surface area contributed by atoms with Crippen LogP contribution in [-0.4, -0.2) is 74.7 Å². The molecule has 0 aromatic heterocycles. The quantitative estimate of drug-likeness (QED) is 0.0960. The van der Waals surface area contributed by atoms with Crippen LogP contribution in [0, 0.1) is 0 Å². The number of quaternary nitrogens is 1. The van der Waals surface area contributed by atoms with Crippen molar-refractivity contribution < 1.29 is 32.8 Å². The van der Waals surface area contributed by atoms with E-state index in [0.717, 1.165) is 25.7 Å². The first-order valence-corrected chi connectivity index (χ1v) is 13.7. The van der Waals surface area contributed by atoms with Crippen molar-refractivity contribution in [3.63, 3.8) is 0 Å². The Labute approximate surface area is 196 Å². The highest BCUT2D eigenvalue weighted by atomic mass is 31.2. The summed E-state index contributed by atoms with van der Waals surface area (Å²) in [4.78, 5) is 9.62. The first kappa shape index (κ1) is 31.5. The number of phosphoric acid groups is 1. The molecular weight excluding hydrogens is 429 g/mol. The Morgan fingerprint density at radius 1 is 0.875 bits per heavy atom. The first-order valence-electron chi connectivity index (χ1n) is 12.2. The number of likely N-dealkylation sites (N-methyl/N-ethyl adjacent to an activating group) is 1. The van der Waals surface area contributed by atoms with Gasteiger partial charge in [0, 0.05) is 6.61 Å². The van der Waals surface area contributed by atoms with Gasteiger partial charge in [0.2, 0.25) is 0 Å². The Balaban J connectivity index is 3.51. The topological polar surface area (TPSA) is 85.2 Å². The van der Waals surface area contributed by atoms with Crippen molar-refractivity contribution in [2.45, 2.75) is 83.7 Å². The standard InChI is InChI=1S/C24H48NO6P/c1-5-6-7-8-9-10-11-12-13-14-15-16-17-18-20-29-22-24(26)23-31-32(27,28)30-21-19-25(2,3)4/h9,11,24,26H,5-8,12-23H2,1-4H3/p+1. The lowest BCUT2D eigenvalue weighted by Gasteiger charge is -2.24. The van der Waals surface area contributed by atoms with Crippen LogP contribution in [0.5, 0.6) is 0 Å². The summed E-state index contributed by atoms with van der Waals surface area (Å²) in [5, 5.41) is 9.83. The van der Waals surface area contributed by atoms with Crippen molar-refractivity contribution in [2.75, 3.05) is 54.1 Å². The third-order valence-corrected chi connectivity index (χ3v) is 5.82. The van der Waals surface area contributed by atoms with Crippen molar-refractivity contribution >= 4 is 7.82 Å². The van der Waals surface area contributed by atoms with Crippen LogP contribution in [0.2, 0.25) is 0 Å². The largest absolute Gasteiger partial charge is 0.472 e. The molecule has 0 saturated heterocycles. The maximum absolute atomic E-state index is 11.8. The molecule has 32 heavy (non-hydrogen) atoms. The SMILES string of the molecule is CCCCCC=C=CCCCCCCCCOCC(O)COP(=O)(O)OCC[N+](C)(C)C. The molecule has 8 heteroatoms. The summed E-state index contributed by atoms with van der Waals surface area (Å²) in [5.74, 6) is 0. The van der Waals surface area contributed by atoms with Gasteiger partial charge in [0.25, 0.3) is 0 Å². The molecular formula is C24H49NO6P+. The summed E-state index contributed by atoms with van der Waals surface area (Å²) in [6.07, 6.45) is 16.4. The molecule has 0 heterocycles. The fourth-order valence-corrected chi connectivity index (χ4v) is 3.57. The number of hydrogen-bond acceptors (Lipinski definition) is 5. The van der Waals surface area contributed by atoms with Gasteiger partial charge in [-0.05, 0) is 44.3 Å². The van der Waals surface area contributed by atoms with Gasteiger partial charge in [0.15, 0.2) is 0 Å². The van der Waals surface area contributed by atoms with Crippen LogP contribution in [0.15, 0.2) is 17.9 Å². The molecule has 0 aliphatic rings. The monoisotopic (exact) mass is 478 g/mol. The molecule has 0 rings (SSSR count). The highest BCUT2D eigenvalue weighted by Crippen LogP contribution is 2.43. The van der Waals surface area contributed by atoms with Crippen LogP contribution >= 0.6 is 7.82 Å². The Morgan fingerprint density at radius 3 is 2.09 bits per heavy atom. The maximum Gasteiger partial charge on any atom is 0.472 e. The molecule has 0 fully saturated rings. The lowest BCUT2D eigenvalue weighted by molar-refractivity contribution is -0.870. The third kappa shape index (κ3) is 24.2. The second-order valence-electron chi connectivity index (χ2n) is 9.32. The van der Waals surface area contributed by atoms with Crippen molar-refractivity contribution in [2.24, 2.45) is 0 Å². The zero-order chi connectivity index (χ0) is 24.1. The highest BCUT2D eigenvalue weighted by Gasteiger charge is 2.24. The van der Waals surface area contributed by atoms with Crippen molar-refractivity contribution in [3.05, 3.63) is 17.9 Å². The summed E-state index contributed by atoms with van der Waals surface area (Å²) in [6, 6.07) is 0. The number of aliphatic hydroxyl groups is 1. The number of allylic oxidation sites excluding steroid dienone is 1. The molecule has 0 spiro atoms. The van der Waals surface area contributed by atoms with Gasteiger partial charge < -0.3 is 19.2 Å². The van der Waals surface area contributed by atoms with E-state index in [9.17, 15) is 14.6 Å². The second kappa shape index (κ2) is 19.9. The lowest BCUT2D eigenvalue weighted by Crippen LogP contribution is -2.37. The minimum atomic E-state index is -4.14. The fourth-order valence-electron chi connectivity index (χ4n) is 2.82. The number of nitrogens with zero attached hydrogens (tertiary/aromatic N) is 1. The van der Waals surface area contributed by atoms with E-state index in [1.807, 2.05) is 21.1 Å². The van der Waals surface area contributed by atoms with Gasteiger partial charge >= 0.3 is 7.82 Å². The number of unbranched alkanes of at least 4 members (excludes halogenated alkanes) is 9. The first-order chi connectivity index (χ1) is 15.2. The van der Waals surface area contributed by atoms with E-state index in [1.54, 1.807) is 0 Å². The smallest absolute Gasteiger partial charge is 0.388 e. The van der Waals surface area contributed by atoms with E-state index in [2.05, 4.69) is 24.8 Å². The van der Waals surface area contributed by atoms with Crippen molar-refractivity contribution in [3.8, 4) is 0 Å². The van der Waals surface area contributed by atoms with Gasteiger partial charge in [-0.25, -0.2) is 4.57 Å². The molecule has 0 bridgehead atoms. The van der Waals surface area contributed by atoms with Crippen LogP contribution in [0.4, 0.5) is 0 Å². The zero-order valence-corrected chi connectivity index (χ0v) is 21.9. The Morgan fingerprint density at radius 2 is 1.47 bits per heavy atom. The zero-order valence-electron chi connectivity index (χ0n) is 21.0. The van der Waals surface area contributed by atoms with Gasteiger partial charge in [-0.2, -0.15) is 0 Å². The van der Waals surface area contributed by atoms with E-state index < -0.39 is 13.9 Å². The molecule has 0 aliphatic carbocycles. The van der Waals surface area contributed by atoms with Gasteiger partial charge in [-0.3, -0.25) is 9.05 Å². The summed E-state index contributed by atoms with van der Waals surface area (Å²) < 4.78 is 27.6. The molecule has 2 atom stereocenters. The number of hydrogen-bond donors (Lipinski definition) is 2. The van der Waals surface area contributed by atoms with E-state index in [1.165, 1.54) is 44.9 Å². The molecule has 0 radical (unpaired) electrons. The molecule has 0 amide bonds. The predicted octanol–water partition coefficient (Wildman–Crippen LogP) is 5.23. The number of ether oxygens (including phenoxy) is 1. The van der Waals surface area contributed by atoms with Gasteiger partial charge in [0.05, 0.1) is 34.4 Å². The summed E-state index contributed by atoms with van der Waals surface area (Å²) in [5.41, 5.74) is 3.28. The molecule has 0 aromatic rings. The molecule has 0 aromatic carbocycles. The number of rotatable bonds is 22. The average Bonchev–Trinajstić information content (AvgIpc) is 2.71. The van der Waals surface area contributed by atoms with Gasteiger partial charge in [-0.15, -0.1) is 5.73 Å². The predicted molar refractivity (Wildman–Crippen MR) is 131 cm³/mol. The molecule has 190 valence electrons. The van der Waals surface area contributed by atoms with E-state index >= 15 is 0 Å². The minimum Gasteiger partial charge on any atom is -0.388 e. The molecule has 2 unspecified atom stereocenters. The van der Waals surface area contributed by atoms with E-state index in [0.29, 0.717) is 17.6 Å². The van der Waals surface area contributed by atoms with Gasteiger partial charge in [0.1, 0.15) is 19.3 Å².